The van der Waals surface area contributed by atoms with E-state index >= 15 is 0 Å². The molecular formula is C24H17IN2O4S. The summed E-state index contributed by atoms with van der Waals surface area (Å²) in [4.78, 5) is 31.1. The minimum atomic E-state index is -0.996. The molecule has 1 saturated heterocycles. The zero-order chi connectivity index (χ0) is 22.7. The zero-order valence-electron chi connectivity index (χ0n) is 16.6. The number of amides is 1. The van der Waals surface area contributed by atoms with E-state index in [0.29, 0.717) is 13.6 Å². The molecule has 0 aliphatic carbocycles. The highest BCUT2D eigenvalue weighted by Gasteiger charge is 2.33. The molecule has 0 saturated carbocycles. The molecule has 4 rings (SSSR count). The van der Waals surface area contributed by atoms with E-state index in [1.54, 1.807) is 41.3 Å². The summed E-state index contributed by atoms with van der Waals surface area (Å²) >= 11 is 3.32. The molecule has 0 bridgehead atoms. The molecular weight excluding hydrogens is 539 g/mol. The first-order valence-corrected chi connectivity index (χ1v) is 11.5. The molecule has 3 aromatic rings. The standard InChI is InChI=1S/C24H17IN2O4S/c25-19-12-16(8-11-20(19)28)13-21-22(29)27(14-15-6-9-17(10-7-15)23(30)31)24(32-21)26-18-4-2-1-3-5-18/h1-13,28H,14H2,(H,30,31). The first-order chi connectivity index (χ1) is 15.4. The van der Waals surface area contributed by atoms with Crippen molar-refractivity contribution in [2.75, 3.05) is 0 Å². The molecule has 8 heteroatoms. The maximum absolute atomic E-state index is 13.3. The lowest BCUT2D eigenvalue weighted by atomic mass is 10.1. The van der Waals surface area contributed by atoms with Crippen LogP contribution in [0.2, 0.25) is 0 Å². The molecule has 1 fully saturated rings. The average Bonchev–Trinajstić information content (AvgIpc) is 3.06. The topological polar surface area (TPSA) is 90.2 Å². The van der Waals surface area contributed by atoms with Crippen molar-refractivity contribution >= 4 is 63.2 Å². The summed E-state index contributed by atoms with van der Waals surface area (Å²) in [6.45, 7) is 0.266. The Labute approximate surface area is 202 Å². The first kappa shape index (κ1) is 22.1. The lowest BCUT2D eigenvalue weighted by Crippen LogP contribution is -2.28. The van der Waals surface area contributed by atoms with Gasteiger partial charge in [0.15, 0.2) is 5.17 Å². The number of aromatic hydroxyl groups is 1. The number of halogens is 1. The van der Waals surface area contributed by atoms with Gasteiger partial charge in [-0.1, -0.05) is 36.4 Å². The number of hydrogen-bond donors (Lipinski definition) is 2. The normalized spacial score (nSPS) is 16.2. The monoisotopic (exact) mass is 556 g/mol. The molecule has 32 heavy (non-hydrogen) atoms. The van der Waals surface area contributed by atoms with Crippen LogP contribution >= 0.6 is 34.4 Å². The Hall–Kier alpha value is -3.11. The number of thioether (sulfide) groups is 1. The van der Waals surface area contributed by atoms with E-state index in [-0.39, 0.29) is 23.8 Å². The summed E-state index contributed by atoms with van der Waals surface area (Å²) in [5.41, 5.74) is 2.52. The number of phenolic OH excluding ortho intramolecular Hbond substituents is 1. The van der Waals surface area contributed by atoms with Crippen LogP contribution in [-0.4, -0.2) is 32.2 Å². The molecule has 160 valence electrons. The van der Waals surface area contributed by atoms with Crippen LogP contribution in [0.1, 0.15) is 21.5 Å². The largest absolute Gasteiger partial charge is 0.507 e. The number of phenols is 1. The summed E-state index contributed by atoms with van der Waals surface area (Å²) in [6.07, 6.45) is 1.78. The van der Waals surface area contributed by atoms with Gasteiger partial charge in [-0.3, -0.25) is 9.69 Å². The number of hydrogen-bond acceptors (Lipinski definition) is 5. The van der Waals surface area contributed by atoms with E-state index in [1.807, 2.05) is 52.9 Å². The number of nitrogens with zero attached hydrogens (tertiary/aromatic N) is 2. The Kier molecular flexibility index (Phi) is 6.61. The summed E-state index contributed by atoms with van der Waals surface area (Å²) in [5.74, 6) is -0.990. The van der Waals surface area contributed by atoms with Crippen LogP contribution in [0.15, 0.2) is 82.7 Å². The molecule has 6 nitrogen and oxygen atoms in total. The second-order valence-electron chi connectivity index (χ2n) is 6.94. The van der Waals surface area contributed by atoms with Crippen LogP contribution < -0.4 is 0 Å². The maximum Gasteiger partial charge on any atom is 0.335 e. The van der Waals surface area contributed by atoms with Crippen molar-refractivity contribution in [2.24, 2.45) is 4.99 Å². The molecule has 0 unspecified atom stereocenters. The van der Waals surface area contributed by atoms with Crippen molar-refractivity contribution < 1.29 is 19.8 Å². The number of para-hydroxylation sites is 1. The highest BCUT2D eigenvalue weighted by molar-refractivity contribution is 14.1. The third-order valence-corrected chi connectivity index (χ3v) is 6.55. The molecule has 0 spiro atoms. The van der Waals surface area contributed by atoms with Crippen molar-refractivity contribution in [1.29, 1.82) is 0 Å². The predicted octanol–water partition coefficient (Wildman–Crippen LogP) is 5.50. The van der Waals surface area contributed by atoms with Crippen LogP contribution in [0.25, 0.3) is 6.08 Å². The number of carbonyl (C=O) groups excluding carboxylic acids is 1. The van der Waals surface area contributed by atoms with Crippen LogP contribution in [-0.2, 0) is 11.3 Å². The number of aromatic carboxylic acids is 1. The fourth-order valence-electron chi connectivity index (χ4n) is 3.04. The number of rotatable bonds is 5. The second-order valence-corrected chi connectivity index (χ2v) is 9.12. The van der Waals surface area contributed by atoms with E-state index in [1.165, 1.54) is 23.9 Å². The van der Waals surface area contributed by atoms with Crippen molar-refractivity contribution in [1.82, 2.24) is 4.90 Å². The Morgan fingerprint density at radius 1 is 1.06 bits per heavy atom. The molecule has 0 radical (unpaired) electrons. The molecule has 0 atom stereocenters. The maximum atomic E-state index is 13.3. The number of aliphatic imine (C=N–C) groups is 1. The van der Waals surface area contributed by atoms with Crippen molar-refractivity contribution in [3.05, 3.63) is 98.0 Å². The van der Waals surface area contributed by atoms with Gasteiger partial charge < -0.3 is 10.2 Å². The van der Waals surface area contributed by atoms with E-state index in [2.05, 4.69) is 4.99 Å². The molecule has 2 N–H and O–H groups in total. The highest BCUT2D eigenvalue weighted by Crippen LogP contribution is 2.35. The number of carbonyl (C=O) groups is 2. The van der Waals surface area contributed by atoms with E-state index in [9.17, 15) is 14.7 Å². The Balaban J connectivity index is 1.68. The van der Waals surface area contributed by atoms with Gasteiger partial charge in [-0.25, -0.2) is 9.79 Å². The Morgan fingerprint density at radius 2 is 1.78 bits per heavy atom. The quantitative estimate of drug-likeness (QED) is 0.320. The number of amidine groups is 1. The molecule has 1 amide bonds. The zero-order valence-corrected chi connectivity index (χ0v) is 19.6. The second kappa shape index (κ2) is 9.58. The molecule has 1 aliphatic heterocycles. The van der Waals surface area contributed by atoms with Gasteiger partial charge in [0.25, 0.3) is 5.91 Å². The molecule has 3 aromatic carbocycles. The fraction of sp³-hybridized carbons (Fsp3) is 0.0417. The number of carboxylic acids is 1. The van der Waals surface area contributed by atoms with Crippen LogP contribution in [0.4, 0.5) is 5.69 Å². The third-order valence-electron chi connectivity index (χ3n) is 4.68. The van der Waals surface area contributed by atoms with E-state index in [0.717, 1.165) is 16.8 Å². The van der Waals surface area contributed by atoms with Crippen LogP contribution in [0.3, 0.4) is 0 Å². The minimum Gasteiger partial charge on any atom is -0.507 e. The summed E-state index contributed by atoms with van der Waals surface area (Å²) in [7, 11) is 0. The smallest absolute Gasteiger partial charge is 0.335 e. The predicted molar refractivity (Wildman–Crippen MR) is 134 cm³/mol. The van der Waals surface area contributed by atoms with E-state index in [4.69, 9.17) is 5.11 Å². The van der Waals surface area contributed by atoms with Gasteiger partial charge >= 0.3 is 5.97 Å². The molecule has 1 aliphatic rings. The summed E-state index contributed by atoms with van der Waals surface area (Å²) in [6, 6.07) is 21.0. The van der Waals surface area contributed by atoms with Gasteiger partial charge in [-0.15, -0.1) is 0 Å². The lowest BCUT2D eigenvalue weighted by molar-refractivity contribution is -0.122. The van der Waals surface area contributed by atoms with Crippen LogP contribution in [0.5, 0.6) is 5.75 Å². The van der Waals surface area contributed by atoms with Gasteiger partial charge in [0.2, 0.25) is 0 Å². The van der Waals surface area contributed by atoms with Gasteiger partial charge in [0, 0.05) is 0 Å². The van der Waals surface area contributed by atoms with E-state index < -0.39 is 5.97 Å². The molecule has 1 heterocycles. The third kappa shape index (κ3) is 5.03. The van der Waals surface area contributed by atoms with Gasteiger partial charge in [0.05, 0.1) is 26.3 Å². The van der Waals surface area contributed by atoms with Gasteiger partial charge in [-0.05, 0) is 88.0 Å². The Bertz CT molecular complexity index is 1240. The highest BCUT2D eigenvalue weighted by atomic mass is 127. The SMILES string of the molecule is O=C(O)c1ccc(CN2C(=O)C(=Cc3ccc(O)c(I)c3)SC2=Nc2ccccc2)cc1. The fourth-order valence-corrected chi connectivity index (χ4v) is 4.58. The number of carboxylic acid groups (broad SMARTS) is 1. The lowest BCUT2D eigenvalue weighted by Gasteiger charge is -2.16. The first-order valence-electron chi connectivity index (χ1n) is 9.56. The number of benzene rings is 3. The Morgan fingerprint density at radius 3 is 2.44 bits per heavy atom. The van der Waals surface area contributed by atoms with Crippen LogP contribution in [0, 0.1) is 3.57 Å². The van der Waals surface area contributed by atoms with Gasteiger partial charge in [0.1, 0.15) is 5.75 Å². The van der Waals surface area contributed by atoms with Crippen molar-refractivity contribution in [3.8, 4) is 5.75 Å². The average molecular weight is 556 g/mol. The summed E-state index contributed by atoms with van der Waals surface area (Å²) in [5, 5.41) is 19.4. The van der Waals surface area contributed by atoms with Gasteiger partial charge in [-0.2, -0.15) is 0 Å². The molecule has 0 aromatic heterocycles. The minimum absolute atomic E-state index is 0.185. The summed E-state index contributed by atoms with van der Waals surface area (Å²) < 4.78 is 0.695. The van der Waals surface area contributed by atoms with Crippen molar-refractivity contribution in [3.63, 3.8) is 0 Å². The van der Waals surface area contributed by atoms with Crippen molar-refractivity contribution in [2.45, 2.75) is 6.54 Å².